The van der Waals surface area contributed by atoms with Gasteiger partial charge in [0.2, 0.25) is 0 Å². The minimum atomic E-state index is -0.611. The van der Waals surface area contributed by atoms with Crippen LogP contribution in [0.3, 0.4) is 0 Å². The van der Waals surface area contributed by atoms with Crippen molar-refractivity contribution in [2.24, 2.45) is 0 Å². The highest BCUT2D eigenvalue weighted by Crippen LogP contribution is 2.39. The number of nitro benzene ring substituents is 1. The number of carbonyl (C=O) groups excluding carboxylic acids is 1. The van der Waals surface area contributed by atoms with Crippen molar-refractivity contribution in [3.8, 4) is 22.6 Å². The maximum Gasteiger partial charge on any atom is 0.319 e. The Labute approximate surface area is 349 Å². The molecule has 0 aliphatic carbocycles. The van der Waals surface area contributed by atoms with Gasteiger partial charge >= 0.3 is 6.03 Å². The van der Waals surface area contributed by atoms with Crippen molar-refractivity contribution in [1.29, 1.82) is 0 Å². The number of carbonyl (C=O) groups is 1. The van der Waals surface area contributed by atoms with Crippen LogP contribution in [0.5, 0.6) is 11.5 Å². The average molecular weight is 806 g/mol. The molecule has 8 rings (SSSR count). The zero-order chi connectivity index (χ0) is 41.3. The van der Waals surface area contributed by atoms with Crippen LogP contribution in [0.25, 0.3) is 11.1 Å². The summed E-state index contributed by atoms with van der Waals surface area (Å²) in [7, 11) is 0. The van der Waals surface area contributed by atoms with Crippen LogP contribution in [-0.4, -0.2) is 59.8 Å². The standard InChI is InChI=1S/C48H47N5O7/c54-33-34-12-14-36(15-13-34)46-30-45(32-51-24-26-52(27-25-51)41-18-20-42(21-19-41)53(56)57)59-47(60-46)39-9-5-8-38(29-39)37-7-4-6-35(28-37)31-49-48(55)50-40-16-22-44(23-17-40)58-43-10-2-1-3-11-43/h1-23,28-29,45-47,54H,24-27,30-33H2,(H2,49,50,55). The summed E-state index contributed by atoms with van der Waals surface area (Å²) >= 11 is 0. The van der Waals surface area contributed by atoms with Crippen molar-refractivity contribution in [2.45, 2.75) is 38.1 Å². The second kappa shape index (κ2) is 19.0. The SMILES string of the molecule is O=C(NCc1cccc(-c2cccc(C3OC(CN4CCN(c5ccc([N+](=O)[O-])cc5)CC4)CC(c4ccc(CO)cc4)O3)c2)c1)Nc1ccc(Oc2ccccc2)cc1. The molecule has 0 aromatic heterocycles. The Morgan fingerprint density at radius 2 is 1.43 bits per heavy atom. The van der Waals surface area contributed by atoms with Gasteiger partial charge in [-0.05, 0) is 88.5 Å². The van der Waals surface area contributed by atoms with Crippen LogP contribution in [0, 0.1) is 10.1 Å². The predicted molar refractivity (Wildman–Crippen MR) is 231 cm³/mol. The largest absolute Gasteiger partial charge is 0.457 e. The molecule has 2 fully saturated rings. The molecule has 0 bridgehead atoms. The highest BCUT2D eigenvalue weighted by molar-refractivity contribution is 5.89. The van der Waals surface area contributed by atoms with Gasteiger partial charge < -0.3 is 34.9 Å². The van der Waals surface area contributed by atoms with Crippen LogP contribution in [0.4, 0.5) is 21.9 Å². The molecule has 3 atom stereocenters. The second-order valence-electron chi connectivity index (χ2n) is 15.0. The first-order valence-corrected chi connectivity index (χ1v) is 20.1. The van der Waals surface area contributed by atoms with Crippen LogP contribution in [0.15, 0.2) is 152 Å². The van der Waals surface area contributed by atoms with Crippen molar-refractivity contribution in [3.63, 3.8) is 0 Å². The molecule has 2 heterocycles. The highest BCUT2D eigenvalue weighted by atomic mass is 16.7. The van der Waals surface area contributed by atoms with E-state index in [0.29, 0.717) is 24.4 Å². The van der Waals surface area contributed by atoms with Gasteiger partial charge in [-0.25, -0.2) is 4.79 Å². The molecule has 6 aromatic rings. The Hall–Kier alpha value is -6.57. The highest BCUT2D eigenvalue weighted by Gasteiger charge is 2.34. The number of hydrogen-bond donors (Lipinski definition) is 3. The number of anilines is 2. The maximum absolute atomic E-state index is 12.8. The first-order valence-electron chi connectivity index (χ1n) is 20.1. The number of rotatable bonds is 13. The van der Waals surface area contributed by atoms with E-state index in [1.54, 1.807) is 24.3 Å². The molecule has 3 N–H and O–H groups in total. The number of piperazine rings is 1. The van der Waals surface area contributed by atoms with Gasteiger partial charge in [-0.2, -0.15) is 0 Å². The van der Waals surface area contributed by atoms with E-state index in [0.717, 1.165) is 77.5 Å². The number of aliphatic hydroxyl groups is 1. The summed E-state index contributed by atoms with van der Waals surface area (Å²) in [5, 5.41) is 26.6. The fourth-order valence-corrected chi connectivity index (χ4v) is 7.61. The zero-order valence-corrected chi connectivity index (χ0v) is 33.1. The lowest BCUT2D eigenvalue weighted by molar-refractivity contribution is -0.384. The molecule has 2 aliphatic heterocycles. The summed E-state index contributed by atoms with van der Waals surface area (Å²) in [6, 6.07) is 47.4. The molecule has 3 unspecified atom stereocenters. The van der Waals surface area contributed by atoms with Crippen molar-refractivity contribution >= 4 is 23.1 Å². The third kappa shape index (κ3) is 10.3. The number of amides is 2. The number of ether oxygens (including phenoxy) is 3. The lowest BCUT2D eigenvalue weighted by Crippen LogP contribution is -2.49. The number of nitro groups is 1. The van der Waals surface area contributed by atoms with Crippen LogP contribution >= 0.6 is 0 Å². The molecule has 2 aliphatic rings. The quantitative estimate of drug-likeness (QED) is 0.0770. The molecule has 12 nitrogen and oxygen atoms in total. The summed E-state index contributed by atoms with van der Waals surface area (Å²) in [6.07, 6.45) is -0.261. The lowest BCUT2D eigenvalue weighted by Gasteiger charge is -2.41. The predicted octanol–water partition coefficient (Wildman–Crippen LogP) is 9.24. The third-order valence-corrected chi connectivity index (χ3v) is 10.8. The Bertz CT molecular complexity index is 2350. The number of hydrogen-bond acceptors (Lipinski definition) is 9. The van der Waals surface area contributed by atoms with Gasteiger partial charge in [0.05, 0.1) is 23.7 Å². The number of para-hydroxylation sites is 1. The molecule has 0 spiro atoms. The van der Waals surface area contributed by atoms with E-state index in [-0.39, 0.29) is 35.5 Å². The first-order chi connectivity index (χ1) is 29.3. The average Bonchev–Trinajstić information content (AvgIpc) is 3.30. The van der Waals surface area contributed by atoms with Gasteiger partial charge in [0.15, 0.2) is 6.29 Å². The fraction of sp³-hybridized carbons (Fsp3) is 0.229. The molecule has 306 valence electrons. The van der Waals surface area contributed by atoms with Crippen molar-refractivity contribution in [1.82, 2.24) is 10.2 Å². The topological polar surface area (TPSA) is 139 Å². The molecule has 6 aromatic carbocycles. The number of aliphatic hydroxyl groups excluding tert-OH is 1. The normalized spacial score (nSPS) is 18.1. The van der Waals surface area contributed by atoms with Gasteiger partial charge in [-0.15, -0.1) is 0 Å². The Morgan fingerprint density at radius 3 is 2.15 bits per heavy atom. The Balaban J connectivity index is 0.906. The van der Waals surface area contributed by atoms with E-state index in [4.69, 9.17) is 14.2 Å². The number of benzene rings is 6. The van der Waals surface area contributed by atoms with E-state index >= 15 is 0 Å². The Morgan fingerprint density at radius 1 is 0.733 bits per heavy atom. The lowest BCUT2D eigenvalue weighted by atomic mass is 9.98. The van der Waals surface area contributed by atoms with Crippen molar-refractivity contribution in [2.75, 3.05) is 42.9 Å². The van der Waals surface area contributed by atoms with Crippen molar-refractivity contribution in [3.05, 3.63) is 184 Å². The summed E-state index contributed by atoms with van der Waals surface area (Å²) < 4.78 is 19.3. The van der Waals surface area contributed by atoms with E-state index in [9.17, 15) is 20.0 Å². The fourth-order valence-electron chi connectivity index (χ4n) is 7.61. The molecular weight excluding hydrogens is 759 g/mol. The van der Waals surface area contributed by atoms with Gasteiger partial charge in [-0.3, -0.25) is 15.0 Å². The van der Waals surface area contributed by atoms with E-state index in [2.05, 4.69) is 44.7 Å². The number of nitrogens with zero attached hydrogens (tertiary/aromatic N) is 3. The van der Waals surface area contributed by atoms with Crippen LogP contribution in [-0.2, 0) is 22.6 Å². The number of urea groups is 1. The van der Waals surface area contributed by atoms with Gasteiger partial charge in [0.1, 0.15) is 11.5 Å². The summed E-state index contributed by atoms with van der Waals surface area (Å²) in [5.74, 6) is 1.42. The van der Waals surface area contributed by atoms with Crippen molar-refractivity contribution < 1.29 is 29.0 Å². The van der Waals surface area contributed by atoms with E-state index < -0.39 is 6.29 Å². The van der Waals surface area contributed by atoms with Gasteiger partial charge in [0.25, 0.3) is 5.69 Å². The van der Waals surface area contributed by atoms with Gasteiger partial charge in [0, 0.05) is 74.8 Å². The molecule has 12 heteroatoms. The smallest absolute Gasteiger partial charge is 0.319 e. The third-order valence-electron chi connectivity index (χ3n) is 10.8. The maximum atomic E-state index is 12.8. The second-order valence-corrected chi connectivity index (χ2v) is 15.0. The Kier molecular flexibility index (Phi) is 12.7. The molecule has 2 amide bonds. The molecular formula is C48H47N5O7. The van der Waals surface area contributed by atoms with Crippen LogP contribution < -0.4 is 20.3 Å². The van der Waals surface area contributed by atoms with Crippen LogP contribution in [0.1, 0.15) is 41.1 Å². The monoisotopic (exact) mass is 805 g/mol. The molecule has 60 heavy (non-hydrogen) atoms. The minimum absolute atomic E-state index is 0.0241. The minimum Gasteiger partial charge on any atom is -0.457 e. The molecule has 0 saturated carbocycles. The first kappa shape index (κ1) is 40.2. The zero-order valence-electron chi connectivity index (χ0n) is 33.1. The van der Waals surface area contributed by atoms with Gasteiger partial charge in [-0.1, -0.05) is 78.9 Å². The summed E-state index contributed by atoms with van der Waals surface area (Å²) in [4.78, 5) is 28.3. The molecule has 0 radical (unpaired) electrons. The molecule has 2 saturated heterocycles. The van der Waals surface area contributed by atoms with E-state index in [1.807, 2.05) is 103 Å². The number of non-ortho nitro benzene ring substituents is 1. The summed E-state index contributed by atoms with van der Waals surface area (Å²) in [6.45, 7) is 4.31. The van der Waals surface area contributed by atoms with Crippen LogP contribution in [0.2, 0.25) is 0 Å². The number of nitrogens with one attached hydrogen (secondary N) is 2. The summed E-state index contributed by atoms with van der Waals surface area (Å²) in [5.41, 5.74) is 7.45. The van der Waals surface area contributed by atoms with E-state index in [1.165, 1.54) is 0 Å².